The largest absolute Gasteiger partial charge is 0.496 e. The lowest BCUT2D eigenvalue weighted by atomic mass is 9.88. The van der Waals surface area contributed by atoms with Crippen LogP contribution in [0.2, 0.25) is 5.02 Å². The van der Waals surface area contributed by atoms with Gasteiger partial charge >= 0.3 is 0 Å². The predicted molar refractivity (Wildman–Crippen MR) is 83.1 cm³/mol. The van der Waals surface area contributed by atoms with Crippen molar-refractivity contribution in [2.24, 2.45) is 5.92 Å². The van der Waals surface area contributed by atoms with E-state index >= 15 is 0 Å². The number of carbonyl (C=O) groups excluding carboxylic acids is 1. The fourth-order valence-corrected chi connectivity index (χ4v) is 2.86. The van der Waals surface area contributed by atoms with Crippen molar-refractivity contribution >= 4 is 23.1 Å². The van der Waals surface area contributed by atoms with E-state index in [4.69, 9.17) is 26.8 Å². The fraction of sp³-hybridized carbons (Fsp3) is 0.533. The second-order valence-electron chi connectivity index (χ2n) is 5.23. The van der Waals surface area contributed by atoms with Crippen molar-refractivity contribution in [1.82, 2.24) is 5.32 Å². The van der Waals surface area contributed by atoms with Gasteiger partial charge in [-0.05, 0) is 24.9 Å². The smallest absolute Gasteiger partial charge is 0.167 e. The number of methoxy groups -OCH3 is 2. The summed E-state index contributed by atoms with van der Waals surface area (Å²) in [5.41, 5.74) is 6.62. The minimum atomic E-state index is 0.00250. The molecule has 1 aromatic carbocycles. The second kappa shape index (κ2) is 7.11. The number of Topliss-reactive ketones (excluding diaryl/α,β-unsaturated/α-hetero) is 1. The highest BCUT2D eigenvalue weighted by Crippen LogP contribution is 2.31. The Hall–Kier alpha value is -1.30. The molecule has 0 bridgehead atoms. The summed E-state index contributed by atoms with van der Waals surface area (Å²) in [5.74, 6) is 0.664. The molecule has 2 unspecified atom stereocenters. The molecule has 1 heterocycles. The number of piperidine rings is 1. The molecule has 1 fully saturated rings. The van der Waals surface area contributed by atoms with Gasteiger partial charge in [0.15, 0.2) is 5.78 Å². The third-order valence-electron chi connectivity index (χ3n) is 3.93. The average molecular weight is 313 g/mol. The molecule has 0 aliphatic carbocycles. The Balaban J connectivity index is 2.18. The van der Waals surface area contributed by atoms with Crippen molar-refractivity contribution < 1.29 is 14.3 Å². The summed E-state index contributed by atoms with van der Waals surface area (Å²) in [6.45, 7) is 1.67. The maximum absolute atomic E-state index is 12.6. The first-order chi connectivity index (χ1) is 10.1. The first kappa shape index (κ1) is 16.1. The van der Waals surface area contributed by atoms with Crippen molar-refractivity contribution in [3.63, 3.8) is 0 Å². The molecule has 1 aromatic rings. The molecule has 0 saturated carbocycles. The van der Waals surface area contributed by atoms with Gasteiger partial charge in [-0.25, -0.2) is 0 Å². The quantitative estimate of drug-likeness (QED) is 0.643. The number of anilines is 1. The molecule has 2 atom stereocenters. The van der Waals surface area contributed by atoms with Crippen LogP contribution in [-0.2, 0) is 4.74 Å². The van der Waals surface area contributed by atoms with Crippen LogP contribution in [0, 0.1) is 5.92 Å². The van der Waals surface area contributed by atoms with E-state index in [0.717, 1.165) is 19.5 Å². The molecule has 2 rings (SSSR count). The van der Waals surface area contributed by atoms with Gasteiger partial charge in [0.2, 0.25) is 0 Å². The third kappa shape index (κ3) is 3.67. The highest BCUT2D eigenvalue weighted by Gasteiger charge is 2.28. The number of nitrogens with two attached hydrogens (primary N) is 1. The van der Waals surface area contributed by atoms with Gasteiger partial charge in [0.25, 0.3) is 0 Å². The number of hydrogen-bond acceptors (Lipinski definition) is 5. The van der Waals surface area contributed by atoms with Crippen molar-refractivity contribution in [1.29, 1.82) is 0 Å². The van der Waals surface area contributed by atoms with Crippen LogP contribution < -0.4 is 15.8 Å². The molecule has 0 spiro atoms. The van der Waals surface area contributed by atoms with Crippen LogP contribution >= 0.6 is 11.6 Å². The summed E-state index contributed by atoms with van der Waals surface area (Å²) in [6, 6.07) is 3.17. The van der Waals surface area contributed by atoms with E-state index in [-0.39, 0.29) is 17.8 Å². The van der Waals surface area contributed by atoms with Gasteiger partial charge in [0.1, 0.15) is 5.75 Å². The van der Waals surface area contributed by atoms with Crippen LogP contribution in [0.3, 0.4) is 0 Å². The lowest BCUT2D eigenvalue weighted by molar-refractivity contribution is 0.0300. The summed E-state index contributed by atoms with van der Waals surface area (Å²) in [6.07, 6.45) is 1.38. The molecular weight excluding hydrogens is 292 g/mol. The van der Waals surface area contributed by atoms with Crippen LogP contribution in [0.5, 0.6) is 5.75 Å². The van der Waals surface area contributed by atoms with E-state index in [1.54, 1.807) is 19.2 Å². The Kier molecular flexibility index (Phi) is 5.45. The van der Waals surface area contributed by atoms with Gasteiger partial charge in [-0.15, -0.1) is 0 Å². The Bertz CT molecular complexity index is 522. The average Bonchev–Trinajstić information content (AvgIpc) is 2.50. The molecule has 1 saturated heterocycles. The molecule has 3 N–H and O–H groups in total. The molecule has 6 heteroatoms. The van der Waals surface area contributed by atoms with Gasteiger partial charge in [-0.1, -0.05) is 11.6 Å². The molecule has 5 nitrogen and oxygen atoms in total. The summed E-state index contributed by atoms with van der Waals surface area (Å²) in [4.78, 5) is 12.6. The lowest BCUT2D eigenvalue weighted by Crippen LogP contribution is -2.42. The first-order valence-electron chi connectivity index (χ1n) is 6.96. The maximum atomic E-state index is 12.6. The van der Waals surface area contributed by atoms with Gasteiger partial charge in [-0.3, -0.25) is 4.79 Å². The van der Waals surface area contributed by atoms with Crippen molar-refractivity contribution in [3.8, 4) is 5.75 Å². The van der Waals surface area contributed by atoms with Crippen molar-refractivity contribution in [2.75, 3.05) is 33.0 Å². The number of halogens is 1. The number of rotatable bonds is 5. The van der Waals surface area contributed by atoms with Gasteiger partial charge < -0.3 is 20.5 Å². The standard InChI is InChI=1S/C15H21ClN2O3/c1-20-14-7-12(17)11(16)6-10(14)13(19)5-9-3-4-18-8-15(9)21-2/h6-7,9,15,18H,3-5,8,17H2,1-2H3. The summed E-state index contributed by atoms with van der Waals surface area (Å²) in [5, 5.41) is 3.64. The summed E-state index contributed by atoms with van der Waals surface area (Å²) < 4.78 is 10.7. The Labute approximate surface area is 129 Å². The SMILES string of the molecule is COc1cc(N)c(Cl)cc1C(=O)CC1CCNCC1OC. The second-order valence-corrected chi connectivity index (χ2v) is 5.64. The van der Waals surface area contributed by atoms with Crippen molar-refractivity contribution in [3.05, 3.63) is 22.7 Å². The van der Waals surface area contributed by atoms with Gasteiger partial charge in [0.05, 0.1) is 29.5 Å². The highest BCUT2D eigenvalue weighted by atomic mass is 35.5. The number of ketones is 1. The Morgan fingerprint density at radius 1 is 1.48 bits per heavy atom. The van der Waals surface area contributed by atoms with E-state index < -0.39 is 0 Å². The lowest BCUT2D eigenvalue weighted by Gasteiger charge is -2.30. The highest BCUT2D eigenvalue weighted by molar-refractivity contribution is 6.33. The third-order valence-corrected chi connectivity index (χ3v) is 4.26. The Morgan fingerprint density at radius 3 is 2.90 bits per heavy atom. The number of hydrogen-bond donors (Lipinski definition) is 2. The van der Waals surface area contributed by atoms with Crippen LogP contribution in [0.25, 0.3) is 0 Å². The van der Waals surface area contributed by atoms with E-state index in [1.165, 1.54) is 7.11 Å². The molecule has 1 aliphatic rings. The number of benzene rings is 1. The minimum absolute atomic E-state index is 0.00250. The molecule has 0 aromatic heterocycles. The normalized spacial score (nSPS) is 22.0. The van der Waals surface area contributed by atoms with E-state index in [2.05, 4.69) is 5.32 Å². The topological polar surface area (TPSA) is 73.6 Å². The van der Waals surface area contributed by atoms with Gasteiger partial charge in [-0.2, -0.15) is 0 Å². The number of nitrogens with one attached hydrogen (secondary N) is 1. The molecule has 21 heavy (non-hydrogen) atoms. The van der Waals surface area contributed by atoms with E-state index in [0.29, 0.717) is 28.4 Å². The summed E-state index contributed by atoms with van der Waals surface area (Å²) >= 11 is 6.02. The van der Waals surface area contributed by atoms with Crippen LogP contribution in [0.15, 0.2) is 12.1 Å². The Morgan fingerprint density at radius 2 is 2.24 bits per heavy atom. The monoisotopic (exact) mass is 312 g/mol. The molecule has 0 radical (unpaired) electrons. The van der Waals surface area contributed by atoms with Gasteiger partial charge in [0, 0.05) is 26.1 Å². The van der Waals surface area contributed by atoms with Crippen LogP contribution in [0.4, 0.5) is 5.69 Å². The minimum Gasteiger partial charge on any atom is -0.496 e. The van der Waals surface area contributed by atoms with E-state index in [9.17, 15) is 4.79 Å². The zero-order valence-corrected chi connectivity index (χ0v) is 13.1. The zero-order valence-electron chi connectivity index (χ0n) is 12.3. The van der Waals surface area contributed by atoms with Crippen LogP contribution in [0.1, 0.15) is 23.2 Å². The fourth-order valence-electron chi connectivity index (χ4n) is 2.70. The number of nitrogen functional groups attached to an aromatic ring is 1. The number of ether oxygens (including phenoxy) is 2. The van der Waals surface area contributed by atoms with Crippen LogP contribution in [-0.4, -0.2) is 39.2 Å². The molecule has 1 aliphatic heterocycles. The molecule has 0 amide bonds. The van der Waals surface area contributed by atoms with Crippen molar-refractivity contribution in [2.45, 2.75) is 18.9 Å². The maximum Gasteiger partial charge on any atom is 0.167 e. The first-order valence-corrected chi connectivity index (χ1v) is 7.34. The predicted octanol–water partition coefficient (Wildman–Crippen LogP) is 2.13. The van der Waals surface area contributed by atoms with E-state index in [1.807, 2.05) is 0 Å². The molecule has 116 valence electrons. The molecular formula is C15H21ClN2O3. The zero-order chi connectivity index (χ0) is 15.4. The number of carbonyl (C=O) groups is 1. The summed E-state index contributed by atoms with van der Waals surface area (Å²) in [7, 11) is 3.19.